The molecule has 1 saturated heterocycles. The number of hydrogen-bond donors (Lipinski definition) is 0. The molecule has 5 rings (SSSR count). The van der Waals surface area contributed by atoms with E-state index in [1.165, 1.54) is 47.1 Å². The number of benzene rings is 2. The van der Waals surface area contributed by atoms with Gasteiger partial charge in [0.15, 0.2) is 0 Å². The maximum atomic E-state index is 13.3. The van der Waals surface area contributed by atoms with Crippen LogP contribution in [0.25, 0.3) is 22.7 Å². The van der Waals surface area contributed by atoms with Crippen molar-refractivity contribution in [3.63, 3.8) is 0 Å². The van der Waals surface area contributed by atoms with Crippen molar-refractivity contribution in [2.45, 2.75) is 38.3 Å². The zero-order valence-corrected chi connectivity index (χ0v) is 15.2. The highest BCUT2D eigenvalue weighted by atomic mass is 19.1. The molecule has 132 valence electrons. The van der Waals surface area contributed by atoms with Gasteiger partial charge in [-0.1, -0.05) is 30.3 Å². The van der Waals surface area contributed by atoms with Gasteiger partial charge in [-0.15, -0.1) is 0 Å². The van der Waals surface area contributed by atoms with Gasteiger partial charge in [-0.05, 0) is 61.7 Å². The molecular weight excluding hydrogens is 323 g/mol. The Morgan fingerprint density at radius 2 is 1.85 bits per heavy atom. The van der Waals surface area contributed by atoms with E-state index >= 15 is 0 Å². The summed E-state index contributed by atoms with van der Waals surface area (Å²) in [6.45, 7) is 2.11. The van der Waals surface area contributed by atoms with E-state index in [0.29, 0.717) is 12.1 Å². The molecule has 1 aromatic heterocycles. The molecule has 3 heteroatoms. The normalized spacial score (nSPS) is 22.8. The number of rotatable bonds is 2. The Morgan fingerprint density at radius 1 is 1.08 bits per heavy atom. The number of fused-ring (bicyclic) bond motifs is 6. The zero-order chi connectivity index (χ0) is 17.8. The fraction of sp³-hybridized carbons (Fsp3) is 0.304. The number of halogens is 1. The van der Waals surface area contributed by atoms with Crippen LogP contribution in [0.15, 0.2) is 48.5 Å². The second-order valence-corrected chi connectivity index (χ2v) is 7.68. The summed E-state index contributed by atoms with van der Waals surface area (Å²) in [7, 11) is 2.27. The first-order valence-electron chi connectivity index (χ1n) is 9.41. The van der Waals surface area contributed by atoms with Gasteiger partial charge in [0.1, 0.15) is 5.82 Å². The van der Waals surface area contributed by atoms with Crippen molar-refractivity contribution in [1.29, 1.82) is 0 Å². The predicted molar refractivity (Wildman–Crippen MR) is 105 cm³/mol. The smallest absolute Gasteiger partial charge is 0.123 e. The average molecular weight is 346 g/mol. The summed E-state index contributed by atoms with van der Waals surface area (Å²) >= 11 is 0. The van der Waals surface area contributed by atoms with Gasteiger partial charge in [-0.2, -0.15) is 0 Å². The van der Waals surface area contributed by atoms with Gasteiger partial charge < -0.3 is 4.57 Å². The Balaban J connectivity index is 1.71. The Labute approximate surface area is 153 Å². The summed E-state index contributed by atoms with van der Waals surface area (Å²) in [4.78, 5) is 2.57. The molecule has 1 fully saturated rings. The summed E-state index contributed by atoms with van der Waals surface area (Å²) in [5, 5.41) is 1.38. The summed E-state index contributed by atoms with van der Waals surface area (Å²) in [5.74, 6) is -0.190. The molecule has 2 bridgehead atoms. The van der Waals surface area contributed by atoms with Crippen molar-refractivity contribution >= 4 is 22.7 Å². The van der Waals surface area contributed by atoms with Crippen molar-refractivity contribution in [2.24, 2.45) is 0 Å². The highest BCUT2D eigenvalue weighted by Gasteiger charge is 2.40. The van der Waals surface area contributed by atoms with E-state index in [1.807, 2.05) is 12.1 Å². The van der Waals surface area contributed by atoms with E-state index in [2.05, 4.69) is 53.9 Å². The minimum Gasteiger partial charge on any atom is -0.320 e. The Bertz CT molecular complexity index is 1010. The molecule has 2 nitrogen and oxygen atoms in total. The van der Waals surface area contributed by atoms with Crippen LogP contribution in [0.5, 0.6) is 0 Å². The fourth-order valence-corrected chi connectivity index (χ4v) is 4.88. The van der Waals surface area contributed by atoms with Crippen LogP contribution < -0.4 is 0 Å². The van der Waals surface area contributed by atoms with E-state index in [4.69, 9.17) is 0 Å². The van der Waals surface area contributed by atoms with Gasteiger partial charge in [-0.3, -0.25) is 4.90 Å². The zero-order valence-electron chi connectivity index (χ0n) is 15.2. The monoisotopic (exact) mass is 346 g/mol. The highest BCUT2D eigenvalue weighted by molar-refractivity contribution is 5.90. The predicted octanol–water partition coefficient (Wildman–Crippen LogP) is 5.49. The van der Waals surface area contributed by atoms with Crippen molar-refractivity contribution in [1.82, 2.24) is 9.47 Å². The minimum absolute atomic E-state index is 0.190. The molecule has 0 spiro atoms. The van der Waals surface area contributed by atoms with Crippen LogP contribution in [0.3, 0.4) is 0 Å². The standard InChI is InChI=1S/C23H23FN2/c1-15(16-7-9-17(24)10-8-16)14-26-20-6-4-3-5-19(20)23-21-12-11-18(25(21)2)13-22(23)26/h3-10,14,18,21H,11-13H2,1-2H3. The van der Waals surface area contributed by atoms with Crippen LogP contribution in [-0.2, 0) is 6.42 Å². The second kappa shape index (κ2) is 5.82. The van der Waals surface area contributed by atoms with E-state index in [9.17, 15) is 4.39 Å². The largest absolute Gasteiger partial charge is 0.320 e. The van der Waals surface area contributed by atoms with E-state index in [0.717, 1.165) is 17.6 Å². The third kappa shape index (κ3) is 2.27. The number of allylic oxidation sites excluding steroid dienone is 1. The Hall–Kier alpha value is -2.39. The Kier molecular flexibility index (Phi) is 3.54. The Morgan fingerprint density at radius 3 is 2.65 bits per heavy atom. The number of likely N-dealkylation sites (N-methyl/N-ethyl adjacent to an activating group) is 1. The van der Waals surface area contributed by atoms with Crippen molar-refractivity contribution in [3.8, 4) is 0 Å². The van der Waals surface area contributed by atoms with Crippen LogP contribution in [0.2, 0.25) is 0 Å². The summed E-state index contributed by atoms with van der Waals surface area (Å²) < 4.78 is 15.7. The van der Waals surface area contributed by atoms with E-state index in [-0.39, 0.29) is 5.82 Å². The molecule has 2 aliphatic heterocycles. The SMILES string of the molecule is CC(=Cn1c2c(c3ccccc31)C1CCC(C2)N1C)c1ccc(F)cc1. The lowest BCUT2D eigenvalue weighted by Crippen LogP contribution is -2.34. The average Bonchev–Trinajstić information content (AvgIpc) is 3.07. The van der Waals surface area contributed by atoms with Gasteiger partial charge in [-0.25, -0.2) is 4.39 Å². The lowest BCUT2D eigenvalue weighted by Gasteiger charge is -2.32. The third-order valence-electron chi connectivity index (χ3n) is 6.28. The quantitative estimate of drug-likeness (QED) is 0.596. The van der Waals surface area contributed by atoms with Gasteiger partial charge in [0.25, 0.3) is 0 Å². The summed E-state index contributed by atoms with van der Waals surface area (Å²) in [5.41, 5.74) is 6.46. The lowest BCUT2D eigenvalue weighted by atomic mass is 9.97. The lowest BCUT2D eigenvalue weighted by molar-refractivity contribution is 0.223. The van der Waals surface area contributed by atoms with Gasteiger partial charge in [0, 0.05) is 35.8 Å². The molecule has 2 aromatic carbocycles. The summed E-state index contributed by atoms with van der Waals surface area (Å²) in [6.07, 6.45) is 5.87. The topological polar surface area (TPSA) is 8.17 Å². The number of aromatic nitrogens is 1. The molecule has 0 N–H and O–H groups in total. The first-order chi connectivity index (χ1) is 12.6. The van der Waals surface area contributed by atoms with Crippen molar-refractivity contribution in [3.05, 3.63) is 71.2 Å². The highest BCUT2D eigenvalue weighted by Crippen LogP contribution is 2.47. The van der Waals surface area contributed by atoms with Crippen LogP contribution in [0.4, 0.5) is 4.39 Å². The molecule has 0 amide bonds. The maximum absolute atomic E-state index is 13.3. The third-order valence-corrected chi connectivity index (χ3v) is 6.28. The number of para-hydroxylation sites is 1. The van der Waals surface area contributed by atoms with Gasteiger partial charge in [0.05, 0.1) is 5.52 Å². The molecule has 2 atom stereocenters. The number of hydrogen-bond acceptors (Lipinski definition) is 1. The van der Waals surface area contributed by atoms with E-state index < -0.39 is 0 Å². The molecular formula is C23H23FN2. The molecule has 0 saturated carbocycles. The maximum Gasteiger partial charge on any atom is 0.123 e. The molecule has 0 aliphatic carbocycles. The molecule has 0 radical (unpaired) electrons. The fourth-order valence-electron chi connectivity index (χ4n) is 4.88. The second-order valence-electron chi connectivity index (χ2n) is 7.68. The first-order valence-corrected chi connectivity index (χ1v) is 9.41. The number of nitrogens with zero attached hydrogens (tertiary/aromatic N) is 2. The first kappa shape index (κ1) is 15.8. The molecule has 2 unspecified atom stereocenters. The minimum atomic E-state index is -0.190. The molecule has 2 aliphatic rings. The van der Waals surface area contributed by atoms with E-state index in [1.54, 1.807) is 0 Å². The van der Waals surface area contributed by atoms with Gasteiger partial charge in [0.2, 0.25) is 0 Å². The van der Waals surface area contributed by atoms with Crippen molar-refractivity contribution in [2.75, 3.05) is 7.05 Å². The molecule has 26 heavy (non-hydrogen) atoms. The molecule has 3 heterocycles. The summed E-state index contributed by atoms with van der Waals surface area (Å²) in [6, 6.07) is 16.7. The van der Waals surface area contributed by atoms with Crippen LogP contribution >= 0.6 is 0 Å². The van der Waals surface area contributed by atoms with Crippen molar-refractivity contribution < 1.29 is 4.39 Å². The van der Waals surface area contributed by atoms with Gasteiger partial charge >= 0.3 is 0 Å². The molecule has 3 aromatic rings. The van der Waals surface area contributed by atoms with Crippen LogP contribution in [0.1, 0.15) is 42.6 Å². The van der Waals surface area contributed by atoms with Crippen LogP contribution in [-0.4, -0.2) is 22.6 Å². The van der Waals surface area contributed by atoms with Crippen LogP contribution in [0, 0.1) is 5.82 Å².